The van der Waals surface area contributed by atoms with Crippen LogP contribution in [0.15, 0.2) is 18.2 Å². The zero-order valence-corrected chi connectivity index (χ0v) is 13.3. The summed E-state index contributed by atoms with van der Waals surface area (Å²) in [5.74, 6) is -0.343. The van der Waals surface area contributed by atoms with Crippen molar-refractivity contribution >= 4 is 29.0 Å². The second-order valence-electron chi connectivity index (χ2n) is 4.76. The zero-order chi connectivity index (χ0) is 15.1. The van der Waals surface area contributed by atoms with Gasteiger partial charge in [0.05, 0.1) is 12.7 Å². The highest BCUT2D eigenvalue weighted by molar-refractivity contribution is 7.80. The molecule has 110 valence electrons. The molecule has 0 spiro atoms. The summed E-state index contributed by atoms with van der Waals surface area (Å²) in [6.07, 6.45) is 2.16. The zero-order valence-electron chi connectivity index (χ0n) is 12.4. The van der Waals surface area contributed by atoms with E-state index in [0.717, 1.165) is 24.1 Å². The SMILES string of the molecule is CCC[C@H](C)NC(=S)Nc1cccc(C(=O)OC)c1C. The average molecular weight is 294 g/mol. The minimum atomic E-state index is -0.343. The molecule has 4 nitrogen and oxygen atoms in total. The van der Waals surface area contributed by atoms with Gasteiger partial charge in [-0.25, -0.2) is 4.79 Å². The quantitative estimate of drug-likeness (QED) is 0.645. The van der Waals surface area contributed by atoms with Crippen molar-refractivity contribution in [1.82, 2.24) is 5.32 Å². The maximum Gasteiger partial charge on any atom is 0.338 e. The minimum Gasteiger partial charge on any atom is -0.465 e. The number of benzene rings is 1. The predicted octanol–water partition coefficient (Wildman–Crippen LogP) is 3.26. The van der Waals surface area contributed by atoms with E-state index in [1.165, 1.54) is 7.11 Å². The van der Waals surface area contributed by atoms with Crippen molar-refractivity contribution in [2.24, 2.45) is 0 Å². The van der Waals surface area contributed by atoms with Gasteiger partial charge in [-0.15, -0.1) is 0 Å². The molecule has 0 aliphatic heterocycles. The van der Waals surface area contributed by atoms with Gasteiger partial charge < -0.3 is 15.4 Å². The van der Waals surface area contributed by atoms with Gasteiger partial charge in [-0.2, -0.15) is 0 Å². The number of carbonyl (C=O) groups is 1. The summed E-state index contributed by atoms with van der Waals surface area (Å²) in [5, 5.41) is 6.92. The molecular weight excluding hydrogens is 272 g/mol. The standard InChI is InChI=1S/C15H22N2O2S/c1-5-7-10(2)16-15(20)17-13-9-6-8-12(11(13)3)14(18)19-4/h6,8-10H,5,7H2,1-4H3,(H2,16,17,20)/t10-/m0/s1. The first-order valence-electron chi connectivity index (χ1n) is 6.75. The summed E-state index contributed by atoms with van der Waals surface area (Å²) in [4.78, 5) is 11.6. The summed E-state index contributed by atoms with van der Waals surface area (Å²) in [5.41, 5.74) is 2.18. The van der Waals surface area contributed by atoms with Crippen molar-refractivity contribution in [3.05, 3.63) is 29.3 Å². The van der Waals surface area contributed by atoms with Gasteiger partial charge in [-0.05, 0) is 50.2 Å². The highest BCUT2D eigenvalue weighted by Gasteiger charge is 2.12. The molecule has 0 amide bonds. The number of ether oxygens (including phenoxy) is 1. The number of nitrogens with one attached hydrogen (secondary N) is 2. The third kappa shape index (κ3) is 4.49. The number of rotatable bonds is 5. The molecule has 5 heteroatoms. The van der Waals surface area contributed by atoms with Crippen molar-refractivity contribution in [1.29, 1.82) is 0 Å². The predicted molar refractivity (Wildman–Crippen MR) is 86.2 cm³/mol. The molecule has 0 saturated carbocycles. The highest BCUT2D eigenvalue weighted by atomic mass is 32.1. The summed E-state index contributed by atoms with van der Waals surface area (Å²) in [6.45, 7) is 6.10. The molecule has 0 fully saturated rings. The smallest absolute Gasteiger partial charge is 0.338 e. The summed E-state index contributed by atoms with van der Waals surface area (Å²) >= 11 is 5.29. The normalized spacial score (nSPS) is 11.6. The van der Waals surface area contributed by atoms with Gasteiger partial charge in [-0.1, -0.05) is 19.4 Å². The van der Waals surface area contributed by atoms with E-state index in [2.05, 4.69) is 24.5 Å². The van der Waals surface area contributed by atoms with Crippen molar-refractivity contribution in [2.75, 3.05) is 12.4 Å². The topological polar surface area (TPSA) is 50.4 Å². The molecule has 1 rings (SSSR count). The molecule has 0 saturated heterocycles. The van der Waals surface area contributed by atoms with Crippen molar-refractivity contribution < 1.29 is 9.53 Å². The third-order valence-corrected chi connectivity index (χ3v) is 3.31. The maximum absolute atomic E-state index is 11.6. The van der Waals surface area contributed by atoms with Crippen molar-refractivity contribution in [3.63, 3.8) is 0 Å². The fourth-order valence-corrected chi connectivity index (χ4v) is 2.30. The second-order valence-corrected chi connectivity index (χ2v) is 5.17. The molecule has 0 unspecified atom stereocenters. The molecule has 1 atom stereocenters. The minimum absolute atomic E-state index is 0.323. The van der Waals surface area contributed by atoms with Crippen molar-refractivity contribution in [2.45, 2.75) is 39.7 Å². The number of hydrogen-bond donors (Lipinski definition) is 2. The van der Waals surface area contributed by atoms with Gasteiger partial charge in [-0.3, -0.25) is 0 Å². The Morgan fingerprint density at radius 3 is 2.75 bits per heavy atom. The molecular formula is C15H22N2O2S. The van der Waals surface area contributed by atoms with E-state index in [4.69, 9.17) is 17.0 Å². The number of hydrogen-bond acceptors (Lipinski definition) is 3. The van der Waals surface area contributed by atoms with E-state index in [1.807, 2.05) is 13.0 Å². The summed E-state index contributed by atoms with van der Waals surface area (Å²) in [6, 6.07) is 5.76. The molecule has 0 aliphatic carbocycles. The lowest BCUT2D eigenvalue weighted by atomic mass is 10.1. The first-order chi connectivity index (χ1) is 9.49. The van der Waals surface area contributed by atoms with Gasteiger partial charge in [0.2, 0.25) is 0 Å². The van der Waals surface area contributed by atoms with E-state index in [9.17, 15) is 4.79 Å². The first kappa shape index (κ1) is 16.4. The van der Waals surface area contributed by atoms with E-state index < -0.39 is 0 Å². The monoisotopic (exact) mass is 294 g/mol. The van der Waals surface area contributed by atoms with E-state index in [0.29, 0.717) is 16.7 Å². The molecule has 1 aromatic carbocycles. The second kappa shape index (κ2) is 7.85. The van der Waals surface area contributed by atoms with E-state index in [-0.39, 0.29) is 5.97 Å². The Morgan fingerprint density at radius 1 is 1.45 bits per heavy atom. The van der Waals surface area contributed by atoms with Crippen LogP contribution < -0.4 is 10.6 Å². The molecule has 0 bridgehead atoms. The summed E-state index contributed by atoms with van der Waals surface area (Å²) in [7, 11) is 1.38. The fourth-order valence-electron chi connectivity index (χ4n) is 1.99. The Bertz CT molecular complexity index is 489. The van der Waals surface area contributed by atoms with Crippen LogP contribution in [0.4, 0.5) is 5.69 Å². The summed E-state index contributed by atoms with van der Waals surface area (Å²) < 4.78 is 4.76. The molecule has 20 heavy (non-hydrogen) atoms. The van der Waals surface area contributed by atoms with Gasteiger partial charge in [0.1, 0.15) is 0 Å². The van der Waals surface area contributed by atoms with Crippen LogP contribution in [0.2, 0.25) is 0 Å². The first-order valence-corrected chi connectivity index (χ1v) is 7.15. The molecule has 0 heterocycles. The highest BCUT2D eigenvalue weighted by Crippen LogP contribution is 2.19. The Labute approximate surface area is 125 Å². The number of thiocarbonyl (C=S) groups is 1. The van der Waals surface area contributed by atoms with Gasteiger partial charge in [0.15, 0.2) is 5.11 Å². The van der Waals surface area contributed by atoms with Crippen LogP contribution in [0.1, 0.15) is 42.6 Å². The molecule has 0 radical (unpaired) electrons. The van der Waals surface area contributed by atoms with E-state index in [1.54, 1.807) is 12.1 Å². The molecule has 0 aliphatic rings. The van der Waals surface area contributed by atoms with Gasteiger partial charge in [0, 0.05) is 11.7 Å². The van der Waals surface area contributed by atoms with Crippen LogP contribution in [0.3, 0.4) is 0 Å². The van der Waals surface area contributed by atoms with Gasteiger partial charge >= 0.3 is 5.97 Å². The number of methoxy groups -OCH3 is 1. The Kier molecular flexibility index (Phi) is 6.45. The maximum atomic E-state index is 11.6. The Hall–Kier alpha value is -1.62. The lowest BCUT2D eigenvalue weighted by Gasteiger charge is -2.18. The molecule has 1 aromatic rings. The third-order valence-electron chi connectivity index (χ3n) is 3.09. The number of carbonyl (C=O) groups excluding carboxylic acids is 1. The molecule has 2 N–H and O–H groups in total. The van der Waals surface area contributed by atoms with Crippen molar-refractivity contribution in [3.8, 4) is 0 Å². The number of anilines is 1. The van der Waals surface area contributed by atoms with Gasteiger partial charge in [0.25, 0.3) is 0 Å². The average Bonchev–Trinajstić information content (AvgIpc) is 2.40. The lowest BCUT2D eigenvalue weighted by Crippen LogP contribution is -2.36. The van der Waals surface area contributed by atoms with Crippen LogP contribution in [0.5, 0.6) is 0 Å². The van der Waals surface area contributed by atoms with Crippen LogP contribution in [-0.4, -0.2) is 24.2 Å². The Balaban J connectivity index is 2.78. The molecule has 0 aromatic heterocycles. The largest absolute Gasteiger partial charge is 0.465 e. The van der Waals surface area contributed by atoms with Crippen LogP contribution in [0.25, 0.3) is 0 Å². The Morgan fingerprint density at radius 2 is 2.15 bits per heavy atom. The van der Waals surface area contributed by atoms with E-state index >= 15 is 0 Å². The van der Waals surface area contributed by atoms with Crippen LogP contribution in [-0.2, 0) is 4.74 Å². The lowest BCUT2D eigenvalue weighted by molar-refractivity contribution is 0.0600. The van der Waals surface area contributed by atoms with Crippen LogP contribution >= 0.6 is 12.2 Å². The van der Waals surface area contributed by atoms with Crippen LogP contribution in [0, 0.1) is 6.92 Å². The fraction of sp³-hybridized carbons (Fsp3) is 0.467. The number of esters is 1.